The number of aliphatic hydroxyl groups is 2. The van der Waals surface area contributed by atoms with Crippen LogP contribution in [-0.4, -0.2) is 44.9 Å². The van der Waals surface area contributed by atoms with Crippen LogP contribution in [0.25, 0.3) is 0 Å². The molecule has 1 aromatic rings. The second kappa shape index (κ2) is 8.42. The molecule has 0 aliphatic rings. The van der Waals surface area contributed by atoms with Crippen molar-refractivity contribution in [2.24, 2.45) is 0 Å². The minimum Gasteiger partial charge on any atom is -0.759 e. The second-order valence-electron chi connectivity index (χ2n) is 5.60. The van der Waals surface area contributed by atoms with Crippen LogP contribution in [0.5, 0.6) is 5.75 Å². The summed E-state index contributed by atoms with van der Waals surface area (Å²) in [4.78, 5) is 0. The van der Waals surface area contributed by atoms with Crippen LogP contribution in [0.2, 0.25) is 0 Å². The normalized spacial score (nSPS) is 13.2. The maximum absolute atomic E-state index is 9.97. The third-order valence-corrected chi connectivity index (χ3v) is 2.48. The zero-order chi connectivity index (χ0) is 17.6. The molecule has 1 atom stereocenters. The molecule has 0 radical (unpaired) electrons. The highest BCUT2D eigenvalue weighted by Crippen LogP contribution is 2.22. The molecule has 0 heterocycles. The Morgan fingerprint density at radius 1 is 1.27 bits per heavy atom. The number of nitrogens with one attached hydrogen (secondary N) is 1. The SMILES string of the molecule is CC(C)(C)NCC(O)c1ccc(O)c(CO)c1.O=S(=O)([O-])[O-]. The third kappa shape index (κ3) is 10.5. The highest BCUT2D eigenvalue weighted by atomic mass is 32.3. The van der Waals surface area contributed by atoms with Gasteiger partial charge < -0.3 is 29.7 Å². The average molecular weight is 335 g/mol. The number of aromatic hydroxyl groups is 1. The molecule has 0 fully saturated rings. The van der Waals surface area contributed by atoms with Gasteiger partial charge in [0.25, 0.3) is 0 Å². The van der Waals surface area contributed by atoms with Gasteiger partial charge in [-0.3, -0.25) is 8.42 Å². The highest BCUT2D eigenvalue weighted by Gasteiger charge is 2.14. The molecule has 0 amide bonds. The van der Waals surface area contributed by atoms with Crippen LogP contribution in [0, 0.1) is 0 Å². The quantitative estimate of drug-likeness (QED) is 0.442. The molecule has 128 valence electrons. The summed E-state index contributed by atoms with van der Waals surface area (Å²) >= 11 is 0. The lowest BCUT2D eigenvalue weighted by Gasteiger charge is -2.23. The van der Waals surface area contributed by atoms with Gasteiger partial charge in [0.05, 0.1) is 12.7 Å². The number of hydrogen-bond donors (Lipinski definition) is 4. The molecule has 0 aromatic heterocycles. The van der Waals surface area contributed by atoms with E-state index in [-0.39, 0.29) is 17.9 Å². The van der Waals surface area contributed by atoms with E-state index >= 15 is 0 Å². The van der Waals surface area contributed by atoms with Gasteiger partial charge in [-0.2, -0.15) is 0 Å². The molecule has 9 heteroatoms. The van der Waals surface area contributed by atoms with E-state index in [4.69, 9.17) is 22.6 Å². The van der Waals surface area contributed by atoms with E-state index in [1.165, 1.54) is 6.07 Å². The lowest BCUT2D eigenvalue weighted by molar-refractivity contribution is 0.163. The van der Waals surface area contributed by atoms with E-state index in [1.807, 2.05) is 20.8 Å². The average Bonchev–Trinajstić information content (AvgIpc) is 2.33. The summed E-state index contributed by atoms with van der Waals surface area (Å²) in [5, 5.41) is 31.6. The predicted molar refractivity (Wildman–Crippen MR) is 77.2 cm³/mol. The molecular formula is C13H21NO7S-2. The van der Waals surface area contributed by atoms with E-state index < -0.39 is 16.5 Å². The molecule has 1 aromatic carbocycles. The monoisotopic (exact) mass is 335 g/mol. The van der Waals surface area contributed by atoms with Crippen molar-refractivity contribution in [3.8, 4) is 5.75 Å². The molecule has 0 aliphatic carbocycles. The summed E-state index contributed by atoms with van der Waals surface area (Å²) in [6.07, 6.45) is -0.653. The van der Waals surface area contributed by atoms with E-state index in [0.29, 0.717) is 17.7 Å². The van der Waals surface area contributed by atoms with Gasteiger partial charge in [0.1, 0.15) is 5.75 Å². The Morgan fingerprint density at radius 2 is 1.77 bits per heavy atom. The van der Waals surface area contributed by atoms with Gasteiger partial charge in [-0.25, -0.2) is 0 Å². The topological polar surface area (TPSA) is 153 Å². The van der Waals surface area contributed by atoms with Gasteiger partial charge in [-0.15, -0.1) is 0 Å². The van der Waals surface area contributed by atoms with Crippen LogP contribution in [0.1, 0.15) is 38.0 Å². The Balaban J connectivity index is 0.000000763. The van der Waals surface area contributed by atoms with Gasteiger partial charge in [-0.1, -0.05) is 6.07 Å². The van der Waals surface area contributed by atoms with Crippen LogP contribution >= 0.6 is 0 Å². The minimum absolute atomic E-state index is 0.0484. The van der Waals surface area contributed by atoms with Crippen LogP contribution in [-0.2, 0) is 17.0 Å². The molecule has 0 spiro atoms. The molecule has 0 saturated heterocycles. The first-order valence-corrected chi connectivity index (χ1v) is 7.69. The highest BCUT2D eigenvalue weighted by molar-refractivity contribution is 7.79. The summed E-state index contributed by atoms with van der Waals surface area (Å²) in [5.74, 6) is 0.0484. The predicted octanol–water partition coefficient (Wildman–Crippen LogP) is -0.0320. The first-order chi connectivity index (χ1) is 9.83. The molecule has 22 heavy (non-hydrogen) atoms. The fourth-order valence-electron chi connectivity index (χ4n) is 1.46. The molecule has 0 aliphatic heterocycles. The van der Waals surface area contributed by atoms with Crippen molar-refractivity contribution in [3.63, 3.8) is 0 Å². The zero-order valence-electron chi connectivity index (χ0n) is 12.6. The van der Waals surface area contributed by atoms with Crippen molar-refractivity contribution in [2.45, 2.75) is 39.0 Å². The second-order valence-corrected chi connectivity index (χ2v) is 6.42. The molecule has 4 N–H and O–H groups in total. The van der Waals surface area contributed by atoms with Gasteiger partial charge in [0.2, 0.25) is 0 Å². The summed E-state index contributed by atoms with van der Waals surface area (Å²) in [7, 11) is -5.17. The summed E-state index contributed by atoms with van der Waals surface area (Å²) in [5.41, 5.74) is 1.05. The Morgan fingerprint density at radius 3 is 2.18 bits per heavy atom. The largest absolute Gasteiger partial charge is 0.759 e. The molecule has 0 saturated carbocycles. The van der Waals surface area contributed by atoms with Gasteiger partial charge >= 0.3 is 0 Å². The summed E-state index contributed by atoms with van der Waals surface area (Å²) < 4.78 is 34.1. The maximum atomic E-state index is 9.97. The standard InChI is InChI=1S/C13H21NO3.H2O4S/c1-13(2,3)14-7-12(17)9-4-5-11(16)10(6-9)8-15;1-5(2,3)4/h4-6,12,14-17H,7-8H2,1-3H3;(H2,1,2,3,4)/p-2. The summed E-state index contributed by atoms with van der Waals surface area (Å²) in [6, 6.07) is 4.76. The first-order valence-electron chi connectivity index (χ1n) is 6.36. The fourth-order valence-corrected chi connectivity index (χ4v) is 1.46. The van der Waals surface area contributed by atoms with E-state index in [0.717, 1.165) is 0 Å². The molecule has 1 rings (SSSR count). The first kappa shape index (κ1) is 20.8. The van der Waals surface area contributed by atoms with Crippen molar-refractivity contribution < 1.29 is 32.8 Å². The molecule has 8 nitrogen and oxygen atoms in total. The van der Waals surface area contributed by atoms with E-state index in [2.05, 4.69) is 5.32 Å². The van der Waals surface area contributed by atoms with Crippen molar-refractivity contribution in [3.05, 3.63) is 29.3 Å². The smallest absolute Gasteiger partial charge is 0.121 e. The molecular weight excluding hydrogens is 314 g/mol. The molecule has 1 unspecified atom stereocenters. The minimum atomic E-state index is -5.17. The Kier molecular flexibility index (Phi) is 7.94. The maximum Gasteiger partial charge on any atom is 0.121 e. The van der Waals surface area contributed by atoms with Crippen molar-refractivity contribution in [2.75, 3.05) is 6.54 Å². The van der Waals surface area contributed by atoms with E-state index in [1.54, 1.807) is 12.1 Å². The summed E-state index contributed by atoms with van der Waals surface area (Å²) in [6.45, 7) is 6.26. The molecule has 0 bridgehead atoms. The number of β-amino-alcohol motifs (C(OH)–C–C–N with tert-alkyl or cyclic N) is 1. The van der Waals surface area contributed by atoms with Crippen LogP contribution < -0.4 is 5.32 Å². The van der Waals surface area contributed by atoms with Crippen LogP contribution in [0.15, 0.2) is 18.2 Å². The lowest BCUT2D eigenvalue weighted by atomic mass is 10.0. The van der Waals surface area contributed by atoms with Crippen molar-refractivity contribution in [1.82, 2.24) is 5.32 Å². The number of rotatable bonds is 4. The zero-order valence-corrected chi connectivity index (χ0v) is 13.4. The van der Waals surface area contributed by atoms with Gasteiger partial charge in [0, 0.05) is 28.0 Å². The van der Waals surface area contributed by atoms with Crippen molar-refractivity contribution in [1.29, 1.82) is 0 Å². The number of phenols is 1. The number of aliphatic hydroxyl groups excluding tert-OH is 2. The van der Waals surface area contributed by atoms with E-state index in [9.17, 15) is 10.2 Å². The Labute approximate surface area is 130 Å². The fraction of sp³-hybridized carbons (Fsp3) is 0.538. The Bertz CT molecular complexity index is 558. The number of hydrogen-bond acceptors (Lipinski definition) is 8. The van der Waals surface area contributed by atoms with Gasteiger partial charge in [-0.05, 0) is 38.5 Å². The van der Waals surface area contributed by atoms with Crippen LogP contribution in [0.4, 0.5) is 0 Å². The Hall–Kier alpha value is -1.23. The van der Waals surface area contributed by atoms with Crippen molar-refractivity contribution >= 4 is 10.4 Å². The number of benzene rings is 1. The van der Waals surface area contributed by atoms with Crippen LogP contribution in [0.3, 0.4) is 0 Å². The third-order valence-electron chi connectivity index (χ3n) is 2.48. The lowest BCUT2D eigenvalue weighted by Crippen LogP contribution is -2.38. The van der Waals surface area contributed by atoms with Gasteiger partial charge in [0.15, 0.2) is 0 Å².